The van der Waals surface area contributed by atoms with Gasteiger partial charge in [-0.3, -0.25) is 10.1 Å². The van der Waals surface area contributed by atoms with Crippen LogP contribution in [0.3, 0.4) is 0 Å². The van der Waals surface area contributed by atoms with Crippen molar-refractivity contribution in [1.29, 1.82) is 5.26 Å². The van der Waals surface area contributed by atoms with Crippen molar-refractivity contribution in [3.8, 4) is 28.7 Å². The lowest BCUT2D eigenvalue weighted by Gasteiger charge is -1.97. The molecule has 0 spiro atoms. The number of benzene rings is 2. The van der Waals surface area contributed by atoms with Crippen molar-refractivity contribution in [3.63, 3.8) is 0 Å². The minimum atomic E-state index is -0.465. The first-order chi connectivity index (χ1) is 14.5. The molecule has 4 aromatic rings. The Kier molecular flexibility index (Phi) is 5.20. The SMILES string of the molecule is N#C/C(=C\c1ccc(-c2ccc([N+](=O)[O-])cc2)o1)c1nc(-c2ccc(F)cc2)cs1. The predicted octanol–water partition coefficient (Wildman–Crippen LogP) is 6.18. The van der Waals surface area contributed by atoms with Crippen LogP contribution in [-0.4, -0.2) is 9.91 Å². The van der Waals surface area contributed by atoms with Crippen LogP contribution in [-0.2, 0) is 0 Å². The maximum atomic E-state index is 13.1. The third-order valence-corrected chi connectivity index (χ3v) is 5.15. The molecular formula is C22H12FN3O3S. The number of hydrogen-bond acceptors (Lipinski definition) is 6. The maximum Gasteiger partial charge on any atom is 0.269 e. The Balaban J connectivity index is 1.59. The Bertz CT molecular complexity index is 1280. The van der Waals surface area contributed by atoms with Crippen LogP contribution in [0.25, 0.3) is 34.2 Å². The van der Waals surface area contributed by atoms with Gasteiger partial charge in [0, 0.05) is 34.7 Å². The van der Waals surface area contributed by atoms with E-state index in [9.17, 15) is 19.8 Å². The minimum absolute atomic E-state index is 0.00193. The fourth-order valence-electron chi connectivity index (χ4n) is 2.77. The monoisotopic (exact) mass is 417 g/mol. The van der Waals surface area contributed by atoms with Crippen LogP contribution < -0.4 is 0 Å². The number of non-ortho nitro benzene ring substituents is 1. The molecule has 0 N–H and O–H groups in total. The zero-order chi connectivity index (χ0) is 21.1. The van der Waals surface area contributed by atoms with Gasteiger partial charge in [-0.05, 0) is 48.5 Å². The number of hydrogen-bond donors (Lipinski definition) is 0. The summed E-state index contributed by atoms with van der Waals surface area (Å²) in [6, 6.07) is 17.6. The highest BCUT2D eigenvalue weighted by molar-refractivity contribution is 7.11. The van der Waals surface area contributed by atoms with E-state index in [0.717, 1.165) is 5.56 Å². The lowest BCUT2D eigenvalue weighted by molar-refractivity contribution is -0.384. The number of thiazole rings is 1. The van der Waals surface area contributed by atoms with E-state index in [1.54, 1.807) is 47.9 Å². The van der Waals surface area contributed by atoms with Gasteiger partial charge in [0.2, 0.25) is 0 Å². The van der Waals surface area contributed by atoms with Crippen LogP contribution in [0.5, 0.6) is 0 Å². The van der Waals surface area contributed by atoms with E-state index in [-0.39, 0.29) is 11.5 Å². The van der Waals surface area contributed by atoms with Gasteiger partial charge in [0.25, 0.3) is 5.69 Å². The standard InChI is InChI=1S/C22H12FN3O3S/c23-17-5-1-14(2-6-17)20-13-30-22(25-20)16(12-24)11-19-9-10-21(29-19)15-3-7-18(8-4-15)26(27)28/h1-11,13H/b16-11+. The number of halogens is 1. The van der Waals surface area contributed by atoms with E-state index >= 15 is 0 Å². The van der Waals surface area contributed by atoms with E-state index in [1.165, 1.54) is 35.6 Å². The van der Waals surface area contributed by atoms with Crippen molar-refractivity contribution < 1.29 is 13.7 Å². The highest BCUT2D eigenvalue weighted by Crippen LogP contribution is 2.29. The van der Waals surface area contributed by atoms with E-state index in [4.69, 9.17) is 4.42 Å². The van der Waals surface area contributed by atoms with Gasteiger partial charge in [-0.1, -0.05) is 0 Å². The zero-order valence-corrected chi connectivity index (χ0v) is 16.1. The Morgan fingerprint density at radius 3 is 2.47 bits per heavy atom. The molecular weight excluding hydrogens is 405 g/mol. The quantitative estimate of drug-likeness (QED) is 0.219. The molecule has 8 heteroatoms. The van der Waals surface area contributed by atoms with Crippen LogP contribution in [0, 0.1) is 27.3 Å². The molecule has 0 fully saturated rings. The second kappa shape index (κ2) is 8.11. The molecule has 0 aliphatic heterocycles. The van der Waals surface area contributed by atoms with Gasteiger partial charge in [0.15, 0.2) is 0 Å². The normalized spacial score (nSPS) is 11.3. The molecule has 30 heavy (non-hydrogen) atoms. The summed E-state index contributed by atoms with van der Waals surface area (Å²) in [5.74, 6) is 0.659. The molecule has 0 unspecified atom stereocenters. The van der Waals surface area contributed by atoms with Crippen LogP contribution in [0.15, 0.2) is 70.5 Å². The molecule has 0 bridgehead atoms. The second-order valence-electron chi connectivity index (χ2n) is 6.22. The van der Waals surface area contributed by atoms with Crippen molar-refractivity contribution in [2.24, 2.45) is 0 Å². The molecule has 0 aliphatic rings. The molecule has 2 heterocycles. The van der Waals surface area contributed by atoms with E-state index in [2.05, 4.69) is 11.1 Å². The number of nitro groups is 1. The highest BCUT2D eigenvalue weighted by Gasteiger charge is 2.12. The van der Waals surface area contributed by atoms with Crippen molar-refractivity contribution >= 4 is 28.7 Å². The van der Waals surface area contributed by atoms with Crippen LogP contribution in [0.4, 0.5) is 10.1 Å². The zero-order valence-electron chi connectivity index (χ0n) is 15.3. The van der Waals surface area contributed by atoms with Crippen LogP contribution in [0.1, 0.15) is 10.8 Å². The Labute approximate surface area is 174 Å². The lowest BCUT2D eigenvalue weighted by Crippen LogP contribution is -1.86. The molecule has 146 valence electrons. The van der Waals surface area contributed by atoms with Gasteiger partial charge in [-0.15, -0.1) is 11.3 Å². The van der Waals surface area contributed by atoms with E-state index < -0.39 is 4.92 Å². The Hall–Kier alpha value is -4.09. The summed E-state index contributed by atoms with van der Waals surface area (Å²) in [6.45, 7) is 0. The molecule has 0 atom stereocenters. The number of rotatable bonds is 5. The lowest BCUT2D eigenvalue weighted by atomic mass is 10.1. The number of nitriles is 1. The molecule has 2 aromatic heterocycles. The summed E-state index contributed by atoms with van der Waals surface area (Å²) >= 11 is 1.31. The molecule has 4 rings (SSSR count). The Morgan fingerprint density at radius 1 is 1.10 bits per heavy atom. The molecule has 0 saturated carbocycles. The van der Waals surface area contributed by atoms with E-state index in [0.29, 0.717) is 33.4 Å². The first-order valence-electron chi connectivity index (χ1n) is 8.72. The number of nitrogens with zero attached hydrogens (tertiary/aromatic N) is 3. The third-order valence-electron chi connectivity index (χ3n) is 4.27. The number of allylic oxidation sites excluding steroid dienone is 1. The molecule has 2 aromatic carbocycles. The minimum Gasteiger partial charge on any atom is -0.457 e. The summed E-state index contributed by atoms with van der Waals surface area (Å²) in [6.07, 6.45) is 1.59. The highest BCUT2D eigenvalue weighted by atomic mass is 32.1. The molecule has 6 nitrogen and oxygen atoms in total. The van der Waals surface area contributed by atoms with E-state index in [1.807, 2.05) is 0 Å². The molecule has 0 aliphatic carbocycles. The van der Waals surface area contributed by atoms with Crippen LogP contribution in [0.2, 0.25) is 0 Å². The summed E-state index contributed by atoms with van der Waals surface area (Å²) in [5, 5.41) is 22.7. The summed E-state index contributed by atoms with van der Waals surface area (Å²) in [7, 11) is 0. The predicted molar refractivity (Wildman–Crippen MR) is 112 cm³/mol. The second-order valence-corrected chi connectivity index (χ2v) is 7.08. The summed E-state index contributed by atoms with van der Waals surface area (Å²) in [4.78, 5) is 14.8. The van der Waals surface area contributed by atoms with Crippen molar-refractivity contribution in [2.45, 2.75) is 0 Å². The van der Waals surface area contributed by atoms with Crippen molar-refractivity contribution in [1.82, 2.24) is 4.98 Å². The number of aromatic nitrogens is 1. The average molecular weight is 417 g/mol. The van der Waals surface area contributed by atoms with Gasteiger partial charge < -0.3 is 4.42 Å². The molecule has 0 saturated heterocycles. The van der Waals surface area contributed by atoms with Crippen molar-refractivity contribution in [2.75, 3.05) is 0 Å². The van der Waals surface area contributed by atoms with Gasteiger partial charge in [-0.25, -0.2) is 9.37 Å². The largest absolute Gasteiger partial charge is 0.457 e. The fraction of sp³-hybridized carbons (Fsp3) is 0. The summed E-state index contributed by atoms with van der Waals surface area (Å²) < 4.78 is 18.9. The van der Waals surface area contributed by atoms with Gasteiger partial charge in [0.05, 0.1) is 16.2 Å². The number of furan rings is 1. The smallest absolute Gasteiger partial charge is 0.269 e. The molecule has 0 amide bonds. The Morgan fingerprint density at radius 2 is 1.80 bits per heavy atom. The molecule has 0 radical (unpaired) electrons. The van der Waals surface area contributed by atoms with Crippen molar-refractivity contribution in [3.05, 3.63) is 92.7 Å². The fourth-order valence-corrected chi connectivity index (χ4v) is 3.56. The van der Waals surface area contributed by atoms with Gasteiger partial charge >= 0.3 is 0 Å². The van der Waals surface area contributed by atoms with Gasteiger partial charge in [0.1, 0.15) is 28.4 Å². The summed E-state index contributed by atoms with van der Waals surface area (Å²) in [5.41, 5.74) is 2.43. The van der Waals surface area contributed by atoms with Crippen LogP contribution >= 0.6 is 11.3 Å². The first kappa shape index (κ1) is 19.2. The third kappa shape index (κ3) is 4.01. The first-order valence-corrected chi connectivity index (χ1v) is 9.60. The topological polar surface area (TPSA) is 93.0 Å². The maximum absolute atomic E-state index is 13.1. The van der Waals surface area contributed by atoms with Gasteiger partial charge in [-0.2, -0.15) is 5.26 Å². The average Bonchev–Trinajstić information content (AvgIpc) is 3.42. The number of nitro benzene ring substituents is 1.